The lowest BCUT2D eigenvalue weighted by molar-refractivity contribution is 0.616. The molecule has 108 valence electrons. The summed E-state index contributed by atoms with van der Waals surface area (Å²) in [5, 5.41) is 0.867. The average molecular weight is 291 g/mol. The van der Waals surface area contributed by atoms with Crippen LogP contribution in [0.5, 0.6) is 0 Å². The lowest BCUT2D eigenvalue weighted by Gasteiger charge is -2.04. The first-order valence-corrected chi connectivity index (χ1v) is 7.09. The van der Waals surface area contributed by atoms with Gasteiger partial charge in [0.2, 0.25) is 5.58 Å². The largest absolute Gasteiger partial charge is 0.448 e. The topological polar surface area (TPSA) is 60.9 Å². The molecule has 0 aliphatic carbocycles. The molecular formula is C17H13N3O2. The summed E-state index contributed by atoms with van der Waals surface area (Å²) in [5.74, 6) is 0. The third kappa shape index (κ3) is 2.07. The van der Waals surface area contributed by atoms with Gasteiger partial charge in [-0.1, -0.05) is 18.2 Å². The van der Waals surface area contributed by atoms with Crippen LogP contribution in [0.25, 0.3) is 22.1 Å². The molecule has 0 unspecified atom stereocenters. The molecule has 1 aromatic carbocycles. The SMILES string of the molecule is O=c1c2oc3ccccc3c2ncn1CCc1ccccn1. The Morgan fingerprint density at radius 3 is 2.77 bits per heavy atom. The van der Waals surface area contributed by atoms with Crippen LogP contribution in [0.1, 0.15) is 5.69 Å². The van der Waals surface area contributed by atoms with Crippen LogP contribution in [0.2, 0.25) is 0 Å². The minimum absolute atomic E-state index is 0.155. The summed E-state index contributed by atoms with van der Waals surface area (Å²) in [6, 6.07) is 13.3. The van der Waals surface area contributed by atoms with E-state index in [2.05, 4.69) is 9.97 Å². The highest BCUT2D eigenvalue weighted by molar-refractivity contribution is 6.01. The van der Waals surface area contributed by atoms with Gasteiger partial charge in [0.25, 0.3) is 5.56 Å². The Hall–Kier alpha value is -2.95. The second-order valence-electron chi connectivity index (χ2n) is 5.09. The van der Waals surface area contributed by atoms with Gasteiger partial charge >= 0.3 is 0 Å². The fourth-order valence-corrected chi connectivity index (χ4v) is 2.56. The summed E-state index contributed by atoms with van der Waals surface area (Å²) < 4.78 is 7.23. The first kappa shape index (κ1) is 12.8. The Bertz CT molecular complexity index is 1000. The van der Waals surface area contributed by atoms with Crippen molar-refractivity contribution in [2.24, 2.45) is 0 Å². The van der Waals surface area contributed by atoms with Crippen molar-refractivity contribution in [1.29, 1.82) is 0 Å². The minimum Gasteiger partial charge on any atom is -0.448 e. The number of aromatic nitrogens is 3. The van der Waals surface area contributed by atoms with Gasteiger partial charge in [0.1, 0.15) is 11.1 Å². The van der Waals surface area contributed by atoms with E-state index in [0.717, 1.165) is 11.1 Å². The molecule has 4 aromatic rings. The van der Waals surface area contributed by atoms with Crippen molar-refractivity contribution in [2.45, 2.75) is 13.0 Å². The van der Waals surface area contributed by atoms with E-state index in [-0.39, 0.29) is 5.56 Å². The molecule has 4 rings (SSSR count). The van der Waals surface area contributed by atoms with E-state index >= 15 is 0 Å². The number of benzene rings is 1. The van der Waals surface area contributed by atoms with Crippen LogP contribution in [0.3, 0.4) is 0 Å². The molecule has 3 aromatic heterocycles. The molecule has 0 saturated heterocycles. The van der Waals surface area contributed by atoms with Gasteiger partial charge in [0.15, 0.2) is 0 Å². The number of aryl methyl sites for hydroxylation is 2. The molecule has 0 atom stereocenters. The highest BCUT2D eigenvalue weighted by Gasteiger charge is 2.12. The predicted molar refractivity (Wildman–Crippen MR) is 83.7 cm³/mol. The fraction of sp³-hybridized carbons (Fsp3) is 0.118. The molecule has 22 heavy (non-hydrogen) atoms. The maximum absolute atomic E-state index is 12.5. The van der Waals surface area contributed by atoms with Crippen LogP contribution in [0.4, 0.5) is 0 Å². The molecule has 0 radical (unpaired) electrons. The van der Waals surface area contributed by atoms with Gasteiger partial charge in [-0.05, 0) is 24.3 Å². The van der Waals surface area contributed by atoms with Crippen molar-refractivity contribution in [1.82, 2.24) is 14.5 Å². The van der Waals surface area contributed by atoms with E-state index in [1.54, 1.807) is 17.1 Å². The second-order valence-corrected chi connectivity index (χ2v) is 5.09. The lowest BCUT2D eigenvalue weighted by atomic mass is 10.2. The smallest absolute Gasteiger partial charge is 0.297 e. The summed E-state index contributed by atoms with van der Waals surface area (Å²) in [4.78, 5) is 21.2. The molecule has 0 N–H and O–H groups in total. The van der Waals surface area contributed by atoms with Gasteiger partial charge in [-0.2, -0.15) is 0 Å². The number of para-hydroxylation sites is 1. The number of nitrogens with zero attached hydrogens (tertiary/aromatic N) is 3. The van der Waals surface area contributed by atoms with E-state index < -0.39 is 0 Å². The maximum Gasteiger partial charge on any atom is 0.297 e. The molecule has 0 aliphatic rings. The van der Waals surface area contributed by atoms with Gasteiger partial charge in [0, 0.05) is 30.2 Å². The number of hydrogen-bond acceptors (Lipinski definition) is 4. The molecular weight excluding hydrogens is 278 g/mol. The van der Waals surface area contributed by atoms with Crippen LogP contribution < -0.4 is 5.56 Å². The van der Waals surface area contributed by atoms with Crippen molar-refractivity contribution in [3.8, 4) is 0 Å². The first-order chi connectivity index (χ1) is 10.8. The number of furan rings is 1. The van der Waals surface area contributed by atoms with E-state index in [1.807, 2.05) is 42.5 Å². The van der Waals surface area contributed by atoms with Crippen molar-refractivity contribution in [3.63, 3.8) is 0 Å². The molecule has 3 heterocycles. The molecule has 0 saturated carbocycles. The average Bonchev–Trinajstić information content (AvgIpc) is 2.95. The van der Waals surface area contributed by atoms with Crippen LogP contribution in [-0.2, 0) is 13.0 Å². The Labute approximate surface area is 125 Å². The third-order valence-corrected chi connectivity index (χ3v) is 3.69. The van der Waals surface area contributed by atoms with Crippen molar-refractivity contribution in [2.75, 3.05) is 0 Å². The Morgan fingerprint density at radius 2 is 1.91 bits per heavy atom. The number of rotatable bonds is 3. The standard InChI is InChI=1S/C17H13N3O2/c21-17-16-15(13-6-1-2-7-14(13)22-16)19-11-20(17)10-8-12-5-3-4-9-18-12/h1-7,9,11H,8,10H2. The Morgan fingerprint density at radius 1 is 1.05 bits per heavy atom. The minimum atomic E-state index is -0.155. The van der Waals surface area contributed by atoms with E-state index in [1.165, 1.54) is 0 Å². The van der Waals surface area contributed by atoms with Crippen LogP contribution in [0, 0.1) is 0 Å². The predicted octanol–water partition coefficient (Wildman–Crippen LogP) is 2.78. The summed E-state index contributed by atoms with van der Waals surface area (Å²) in [6.07, 6.45) is 4.00. The first-order valence-electron chi connectivity index (χ1n) is 7.09. The van der Waals surface area contributed by atoms with Gasteiger partial charge in [-0.25, -0.2) is 4.98 Å². The summed E-state index contributed by atoms with van der Waals surface area (Å²) in [5.41, 5.74) is 2.40. The van der Waals surface area contributed by atoms with Gasteiger partial charge in [-0.3, -0.25) is 14.3 Å². The molecule has 5 nitrogen and oxygen atoms in total. The van der Waals surface area contributed by atoms with Crippen LogP contribution in [-0.4, -0.2) is 14.5 Å². The molecule has 0 bridgehead atoms. The highest BCUT2D eigenvalue weighted by Crippen LogP contribution is 2.23. The van der Waals surface area contributed by atoms with Crippen molar-refractivity contribution < 1.29 is 4.42 Å². The molecule has 0 amide bonds. The fourth-order valence-electron chi connectivity index (χ4n) is 2.56. The molecule has 0 spiro atoms. The summed E-state index contributed by atoms with van der Waals surface area (Å²) >= 11 is 0. The summed E-state index contributed by atoms with van der Waals surface area (Å²) in [6.45, 7) is 0.524. The zero-order valence-corrected chi connectivity index (χ0v) is 11.8. The van der Waals surface area contributed by atoms with E-state index in [0.29, 0.717) is 29.6 Å². The third-order valence-electron chi connectivity index (χ3n) is 3.69. The summed E-state index contributed by atoms with van der Waals surface area (Å²) in [7, 11) is 0. The van der Waals surface area contributed by atoms with Gasteiger partial charge in [0.05, 0.1) is 6.33 Å². The van der Waals surface area contributed by atoms with Gasteiger partial charge < -0.3 is 4.42 Å². The Balaban J connectivity index is 1.75. The number of pyridine rings is 1. The van der Waals surface area contributed by atoms with Crippen LogP contribution >= 0.6 is 0 Å². The lowest BCUT2D eigenvalue weighted by Crippen LogP contribution is -2.21. The molecule has 5 heteroatoms. The van der Waals surface area contributed by atoms with E-state index in [9.17, 15) is 4.79 Å². The monoisotopic (exact) mass is 291 g/mol. The zero-order valence-electron chi connectivity index (χ0n) is 11.8. The number of hydrogen-bond donors (Lipinski definition) is 0. The van der Waals surface area contributed by atoms with Gasteiger partial charge in [-0.15, -0.1) is 0 Å². The quantitative estimate of drug-likeness (QED) is 0.582. The second kappa shape index (κ2) is 5.11. The van der Waals surface area contributed by atoms with Crippen LogP contribution in [0.15, 0.2) is 64.2 Å². The maximum atomic E-state index is 12.5. The van der Waals surface area contributed by atoms with Crippen molar-refractivity contribution in [3.05, 3.63) is 71.0 Å². The normalized spacial score (nSPS) is 11.3. The van der Waals surface area contributed by atoms with Crippen molar-refractivity contribution >= 4 is 22.1 Å². The zero-order chi connectivity index (χ0) is 14.9. The molecule has 0 aliphatic heterocycles. The highest BCUT2D eigenvalue weighted by atomic mass is 16.3. The Kier molecular flexibility index (Phi) is 2.96. The molecule has 0 fully saturated rings. The van der Waals surface area contributed by atoms with E-state index in [4.69, 9.17) is 4.42 Å². The number of fused-ring (bicyclic) bond motifs is 3.